The highest BCUT2D eigenvalue weighted by Gasteiger charge is 2.31. The molecule has 3 rings (SSSR count). The van der Waals surface area contributed by atoms with Gasteiger partial charge in [-0.1, -0.05) is 0 Å². The zero-order valence-electron chi connectivity index (χ0n) is 12.0. The van der Waals surface area contributed by atoms with Crippen LogP contribution in [0.4, 0.5) is 11.8 Å². The van der Waals surface area contributed by atoms with Gasteiger partial charge in [0.15, 0.2) is 0 Å². The molecule has 1 fully saturated rings. The van der Waals surface area contributed by atoms with Gasteiger partial charge in [-0.15, -0.1) is 0 Å². The van der Waals surface area contributed by atoms with Crippen LogP contribution in [0.5, 0.6) is 0 Å². The topological polar surface area (TPSA) is 82.1 Å². The van der Waals surface area contributed by atoms with Crippen molar-refractivity contribution < 1.29 is 4.52 Å². The zero-order valence-corrected chi connectivity index (χ0v) is 12.0. The summed E-state index contributed by atoms with van der Waals surface area (Å²) < 4.78 is 5.38. The normalized spacial score (nSPS) is 17.8. The Bertz CT molecular complexity index is 657. The third-order valence-corrected chi connectivity index (χ3v) is 3.54. The predicted molar refractivity (Wildman–Crippen MR) is 76.9 cm³/mol. The van der Waals surface area contributed by atoms with Crippen LogP contribution in [0.1, 0.15) is 30.3 Å². The van der Waals surface area contributed by atoms with Crippen molar-refractivity contribution in [3.8, 4) is 6.07 Å². The fraction of sp³-hybridized carbons (Fsp3) is 0.429. The van der Waals surface area contributed by atoms with Gasteiger partial charge in [-0.3, -0.25) is 0 Å². The van der Waals surface area contributed by atoms with E-state index in [0.29, 0.717) is 17.4 Å². The molecule has 0 aromatic carbocycles. The van der Waals surface area contributed by atoms with Gasteiger partial charge in [0, 0.05) is 26.8 Å². The van der Waals surface area contributed by atoms with Crippen molar-refractivity contribution in [2.45, 2.75) is 18.9 Å². The lowest BCUT2D eigenvalue weighted by Crippen LogP contribution is -2.23. The predicted octanol–water partition coefficient (Wildman–Crippen LogP) is 1.74. The van der Waals surface area contributed by atoms with Crippen molar-refractivity contribution in [2.24, 2.45) is 0 Å². The molecule has 0 radical (unpaired) electrons. The van der Waals surface area contributed by atoms with Gasteiger partial charge in [0.2, 0.25) is 0 Å². The van der Waals surface area contributed by atoms with Crippen LogP contribution in [-0.2, 0) is 0 Å². The van der Waals surface area contributed by atoms with E-state index in [9.17, 15) is 0 Å². The zero-order chi connectivity index (χ0) is 14.8. The average molecular weight is 284 g/mol. The molecule has 2 aromatic heterocycles. The molecule has 0 unspecified atom stereocenters. The van der Waals surface area contributed by atoms with E-state index in [0.717, 1.165) is 25.2 Å². The van der Waals surface area contributed by atoms with Crippen LogP contribution >= 0.6 is 0 Å². The van der Waals surface area contributed by atoms with E-state index in [4.69, 9.17) is 9.78 Å². The summed E-state index contributed by atoms with van der Waals surface area (Å²) in [7, 11) is 3.76. The molecule has 2 aromatic rings. The number of anilines is 2. The van der Waals surface area contributed by atoms with Crippen LogP contribution in [0.15, 0.2) is 22.9 Å². The maximum Gasteiger partial charge on any atom is 0.265 e. The van der Waals surface area contributed by atoms with Crippen molar-refractivity contribution in [3.63, 3.8) is 0 Å². The van der Waals surface area contributed by atoms with E-state index in [2.05, 4.69) is 26.1 Å². The molecule has 0 N–H and O–H groups in total. The molecule has 0 amide bonds. The van der Waals surface area contributed by atoms with Gasteiger partial charge in [0.05, 0.1) is 5.56 Å². The molecular weight excluding hydrogens is 268 g/mol. The monoisotopic (exact) mass is 284 g/mol. The summed E-state index contributed by atoms with van der Waals surface area (Å²) in [6, 6.07) is 5.76. The van der Waals surface area contributed by atoms with E-state index in [1.54, 1.807) is 12.3 Å². The van der Waals surface area contributed by atoms with Crippen LogP contribution < -0.4 is 9.80 Å². The second-order valence-corrected chi connectivity index (χ2v) is 5.20. The molecule has 21 heavy (non-hydrogen) atoms. The highest BCUT2D eigenvalue weighted by atomic mass is 16.5. The van der Waals surface area contributed by atoms with E-state index in [-0.39, 0.29) is 6.04 Å². The van der Waals surface area contributed by atoms with Crippen LogP contribution in [0.25, 0.3) is 0 Å². The van der Waals surface area contributed by atoms with Crippen molar-refractivity contribution in [1.82, 2.24) is 15.1 Å². The molecule has 3 heterocycles. The van der Waals surface area contributed by atoms with Crippen molar-refractivity contribution in [1.29, 1.82) is 5.26 Å². The number of nitrogens with zero attached hydrogens (tertiary/aromatic N) is 6. The molecule has 1 aliphatic rings. The van der Waals surface area contributed by atoms with Gasteiger partial charge in [-0.2, -0.15) is 10.2 Å². The molecule has 0 saturated carbocycles. The second kappa shape index (κ2) is 5.40. The Kier molecular flexibility index (Phi) is 3.44. The van der Waals surface area contributed by atoms with Gasteiger partial charge in [0.1, 0.15) is 17.9 Å². The second-order valence-electron chi connectivity index (χ2n) is 5.20. The molecule has 1 saturated heterocycles. The van der Waals surface area contributed by atoms with Crippen molar-refractivity contribution >= 4 is 11.8 Å². The minimum Gasteiger partial charge on any atom is -0.345 e. The van der Waals surface area contributed by atoms with Crippen molar-refractivity contribution in [2.75, 3.05) is 30.4 Å². The Morgan fingerprint density at radius 1 is 1.43 bits per heavy atom. The van der Waals surface area contributed by atoms with Crippen LogP contribution in [0, 0.1) is 11.3 Å². The molecule has 0 spiro atoms. The third-order valence-electron chi connectivity index (χ3n) is 3.54. The summed E-state index contributed by atoms with van der Waals surface area (Å²) in [4.78, 5) is 12.7. The molecule has 1 aliphatic heterocycles. The number of hydrogen-bond acceptors (Lipinski definition) is 7. The van der Waals surface area contributed by atoms with E-state index < -0.39 is 0 Å². The maximum atomic E-state index is 8.84. The Morgan fingerprint density at radius 2 is 2.29 bits per heavy atom. The van der Waals surface area contributed by atoms with E-state index in [1.165, 1.54) is 0 Å². The Labute approximate surface area is 122 Å². The smallest absolute Gasteiger partial charge is 0.265 e. The van der Waals surface area contributed by atoms with E-state index >= 15 is 0 Å². The van der Waals surface area contributed by atoms with Crippen molar-refractivity contribution in [3.05, 3.63) is 29.8 Å². The largest absolute Gasteiger partial charge is 0.345 e. The third kappa shape index (κ3) is 2.52. The number of aromatic nitrogens is 3. The Morgan fingerprint density at radius 3 is 2.90 bits per heavy atom. The molecule has 108 valence electrons. The molecule has 0 aliphatic carbocycles. The first-order chi connectivity index (χ1) is 10.2. The maximum absolute atomic E-state index is 8.84. The summed E-state index contributed by atoms with van der Waals surface area (Å²) >= 11 is 0. The lowest BCUT2D eigenvalue weighted by atomic mass is 10.2. The fourth-order valence-corrected chi connectivity index (χ4v) is 2.46. The standard InChI is InChI=1S/C14H16N6O/c1-19(2)14-17-13(21-18-14)11-4-3-7-20(11)12-6-5-10(8-15)9-16-12/h5-6,9,11H,3-4,7H2,1-2H3/t11-/m0/s1. The number of hydrogen-bond donors (Lipinski definition) is 0. The highest BCUT2D eigenvalue weighted by molar-refractivity contribution is 5.44. The lowest BCUT2D eigenvalue weighted by molar-refractivity contribution is 0.354. The first-order valence-corrected chi connectivity index (χ1v) is 6.83. The van der Waals surface area contributed by atoms with Gasteiger partial charge in [-0.05, 0) is 30.1 Å². The van der Waals surface area contributed by atoms with Crippen LogP contribution in [0.3, 0.4) is 0 Å². The van der Waals surface area contributed by atoms with Gasteiger partial charge >= 0.3 is 0 Å². The molecular formula is C14H16N6O. The fourth-order valence-electron chi connectivity index (χ4n) is 2.46. The molecule has 7 heteroatoms. The Balaban J connectivity index is 1.85. The van der Waals surface area contributed by atoms with Crippen LogP contribution in [-0.4, -0.2) is 35.8 Å². The molecule has 7 nitrogen and oxygen atoms in total. The summed E-state index contributed by atoms with van der Waals surface area (Å²) in [6.45, 7) is 0.892. The quantitative estimate of drug-likeness (QED) is 0.849. The molecule has 0 bridgehead atoms. The average Bonchev–Trinajstić information content (AvgIpc) is 3.16. The number of nitriles is 1. The summed E-state index contributed by atoms with van der Waals surface area (Å²) in [5, 5.41) is 12.8. The van der Waals surface area contributed by atoms with Crippen LogP contribution in [0.2, 0.25) is 0 Å². The lowest BCUT2D eigenvalue weighted by Gasteiger charge is -2.22. The minimum atomic E-state index is 0.0478. The number of rotatable bonds is 3. The Hall–Kier alpha value is -2.62. The summed E-state index contributed by atoms with van der Waals surface area (Å²) in [6.07, 6.45) is 3.59. The molecule has 1 atom stereocenters. The summed E-state index contributed by atoms with van der Waals surface area (Å²) in [5.41, 5.74) is 0.558. The van der Waals surface area contributed by atoms with E-state index in [1.807, 2.05) is 25.1 Å². The highest BCUT2D eigenvalue weighted by Crippen LogP contribution is 2.34. The van der Waals surface area contributed by atoms with Gasteiger partial charge in [0.25, 0.3) is 11.8 Å². The van der Waals surface area contributed by atoms with Gasteiger partial charge < -0.3 is 14.3 Å². The SMILES string of the molecule is CN(C)c1noc([C@@H]2CCCN2c2ccc(C#N)cn2)n1. The van der Waals surface area contributed by atoms with Gasteiger partial charge in [-0.25, -0.2) is 4.98 Å². The number of pyridine rings is 1. The first kappa shape index (κ1) is 13.4. The first-order valence-electron chi connectivity index (χ1n) is 6.83. The minimum absolute atomic E-state index is 0.0478. The summed E-state index contributed by atoms with van der Waals surface area (Å²) in [5.74, 6) is 2.02.